The number of aliphatic hydroxyl groups excluding tert-OH is 3. The summed E-state index contributed by atoms with van der Waals surface area (Å²) in [7, 11) is 0. The molecule has 2 aromatic rings. The third-order valence-corrected chi connectivity index (χ3v) is 3.30. The lowest BCUT2D eigenvalue weighted by molar-refractivity contribution is -0.0500. The molecule has 1 saturated heterocycles. The molecule has 0 aromatic carbocycles. The molecule has 108 valence electrons. The van der Waals surface area contributed by atoms with Gasteiger partial charge in [0.1, 0.15) is 24.6 Å². The lowest BCUT2D eigenvalue weighted by atomic mass is 10.1. The van der Waals surface area contributed by atoms with Crippen LogP contribution in [0, 0.1) is 0 Å². The molecule has 0 bridgehead atoms. The second kappa shape index (κ2) is 4.52. The summed E-state index contributed by atoms with van der Waals surface area (Å²) in [6, 6.07) is 0. The summed E-state index contributed by atoms with van der Waals surface area (Å²) in [5.74, 6) is 0.161. The summed E-state index contributed by atoms with van der Waals surface area (Å²) in [6.45, 7) is -0.432. The maximum absolute atomic E-state index is 10.0. The van der Waals surface area contributed by atoms with Gasteiger partial charge in [0, 0.05) is 0 Å². The highest BCUT2D eigenvalue weighted by Gasteiger charge is 2.44. The summed E-state index contributed by atoms with van der Waals surface area (Å²) in [5.41, 5.74) is 12.0. The van der Waals surface area contributed by atoms with E-state index in [1.54, 1.807) is 0 Å². The zero-order chi connectivity index (χ0) is 14.4. The zero-order valence-corrected chi connectivity index (χ0v) is 10.3. The van der Waals surface area contributed by atoms with Gasteiger partial charge in [-0.1, -0.05) is 0 Å². The van der Waals surface area contributed by atoms with Crippen molar-refractivity contribution in [1.29, 1.82) is 0 Å². The Morgan fingerprint density at radius 1 is 1.25 bits per heavy atom. The number of rotatable bonds is 2. The van der Waals surface area contributed by atoms with Crippen molar-refractivity contribution in [3.63, 3.8) is 0 Å². The topological polar surface area (TPSA) is 166 Å². The second-order valence-electron chi connectivity index (χ2n) is 4.50. The van der Waals surface area contributed by atoms with Crippen LogP contribution in [0.15, 0.2) is 6.33 Å². The number of hydrogen-bond donors (Lipinski definition) is 5. The van der Waals surface area contributed by atoms with E-state index in [9.17, 15) is 10.2 Å². The molecule has 1 aliphatic heterocycles. The molecule has 0 aliphatic carbocycles. The molecule has 0 unspecified atom stereocenters. The predicted molar refractivity (Wildman–Crippen MR) is 67.2 cm³/mol. The molecular weight excluding hydrogens is 268 g/mol. The third kappa shape index (κ3) is 1.70. The van der Waals surface area contributed by atoms with Crippen molar-refractivity contribution in [3.8, 4) is 0 Å². The van der Waals surface area contributed by atoms with Crippen LogP contribution in [0.3, 0.4) is 0 Å². The highest BCUT2D eigenvalue weighted by atomic mass is 16.6. The van der Waals surface area contributed by atoms with E-state index in [0.717, 1.165) is 0 Å². The van der Waals surface area contributed by atoms with Crippen LogP contribution in [0.4, 0.5) is 11.8 Å². The van der Waals surface area contributed by atoms with Gasteiger partial charge in [0.05, 0.1) is 6.61 Å². The van der Waals surface area contributed by atoms with Gasteiger partial charge >= 0.3 is 0 Å². The summed E-state index contributed by atoms with van der Waals surface area (Å²) in [5, 5.41) is 28.9. The van der Waals surface area contributed by atoms with Crippen molar-refractivity contribution in [1.82, 2.24) is 19.5 Å². The van der Waals surface area contributed by atoms with Crippen molar-refractivity contribution in [2.24, 2.45) is 0 Å². The van der Waals surface area contributed by atoms with Crippen molar-refractivity contribution in [2.75, 3.05) is 18.1 Å². The maximum Gasteiger partial charge on any atom is 0.204 e. The molecule has 3 heterocycles. The first-order valence-electron chi connectivity index (χ1n) is 5.91. The number of fused-ring (bicyclic) bond motifs is 1. The first-order valence-corrected chi connectivity index (χ1v) is 5.91. The van der Waals surface area contributed by atoms with Gasteiger partial charge in [-0.05, 0) is 0 Å². The van der Waals surface area contributed by atoms with Crippen LogP contribution in [-0.4, -0.2) is 59.8 Å². The lowest BCUT2D eigenvalue weighted by Gasteiger charge is -2.17. The summed E-state index contributed by atoms with van der Waals surface area (Å²) < 4.78 is 6.72. The summed E-state index contributed by atoms with van der Waals surface area (Å²) >= 11 is 0. The molecule has 1 aliphatic rings. The molecular formula is C10H14N6O4. The van der Waals surface area contributed by atoms with Crippen LogP contribution in [0.25, 0.3) is 11.2 Å². The number of aromatic nitrogens is 4. The molecule has 0 saturated carbocycles. The highest BCUT2D eigenvalue weighted by Crippen LogP contribution is 2.33. The average Bonchev–Trinajstić information content (AvgIpc) is 2.90. The Morgan fingerprint density at radius 2 is 2.00 bits per heavy atom. The number of nitrogen functional groups attached to an aromatic ring is 2. The van der Waals surface area contributed by atoms with E-state index in [4.69, 9.17) is 21.3 Å². The molecule has 2 aromatic heterocycles. The van der Waals surface area contributed by atoms with Gasteiger partial charge in [-0.15, -0.1) is 0 Å². The normalized spacial score (nSPS) is 30.1. The fourth-order valence-corrected chi connectivity index (χ4v) is 2.29. The molecule has 7 N–H and O–H groups in total. The van der Waals surface area contributed by atoms with Crippen LogP contribution >= 0.6 is 0 Å². The van der Waals surface area contributed by atoms with Gasteiger partial charge in [0.2, 0.25) is 5.95 Å². The Kier molecular flexibility index (Phi) is 2.94. The first kappa shape index (κ1) is 13.0. The minimum Gasteiger partial charge on any atom is -0.394 e. The van der Waals surface area contributed by atoms with Crippen LogP contribution in [-0.2, 0) is 4.74 Å². The second-order valence-corrected chi connectivity index (χ2v) is 4.50. The largest absolute Gasteiger partial charge is 0.394 e. The van der Waals surface area contributed by atoms with E-state index in [1.165, 1.54) is 10.9 Å². The molecule has 10 heteroatoms. The highest BCUT2D eigenvalue weighted by molar-refractivity contribution is 5.83. The van der Waals surface area contributed by atoms with E-state index in [-0.39, 0.29) is 22.9 Å². The molecule has 0 amide bonds. The third-order valence-electron chi connectivity index (χ3n) is 3.30. The lowest BCUT2D eigenvalue weighted by Crippen LogP contribution is -2.33. The quantitative estimate of drug-likeness (QED) is 0.403. The summed E-state index contributed by atoms with van der Waals surface area (Å²) in [4.78, 5) is 11.8. The number of nitrogens with two attached hydrogens (primary N) is 2. The smallest absolute Gasteiger partial charge is 0.204 e. The molecule has 1 fully saturated rings. The molecule has 3 rings (SSSR count). The predicted octanol–water partition coefficient (Wildman–Crippen LogP) is -2.40. The minimum atomic E-state index is -1.27. The van der Waals surface area contributed by atoms with E-state index >= 15 is 0 Å². The van der Waals surface area contributed by atoms with Gasteiger partial charge in [-0.2, -0.15) is 0 Å². The van der Waals surface area contributed by atoms with Crippen molar-refractivity contribution in [3.05, 3.63) is 6.33 Å². The van der Waals surface area contributed by atoms with Gasteiger partial charge in [-0.3, -0.25) is 4.57 Å². The molecule has 0 spiro atoms. The Hall–Kier alpha value is -2.01. The SMILES string of the molecule is Nc1ncnc2c1nc(N)n2[C@H]1O[C@@H](CO)[C@@H](O)[C@H]1O. The number of aliphatic hydroxyl groups is 3. The number of hydrogen-bond acceptors (Lipinski definition) is 9. The van der Waals surface area contributed by atoms with Crippen molar-refractivity contribution >= 4 is 22.9 Å². The zero-order valence-electron chi connectivity index (χ0n) is 10.3. The maximum atomic E-state index is 10.0. The molecule has 4 atom stereocenters. The van der Waals surface area contributed by atoms with Crippen LogP contribution < -0.4 is 11.5 Å². The van der Waals surface area contributed by atoms with Gasteiger partial charge in [-0.25, -0.2) is 15.0 Å². The summed E-state index contributed by atoms with van der Waals surface area (Å²) in [6.07, 6.45) is -3.20. The standard InChI is InChI=1S/C10H14N6O4/c11-7-4-8(14-2-13-7)16(10(12)15-4)9-6(19)5(18)3(1-17)20-9/h2-3,5-6,9,17-19H,1H2,(H2,12,15)(H2,11,13,14)/t3-,5+,6+,9-/m0/s1. The van der Waals surface area contributed by atoms with Crippen LogP contribution in [0.1, 0.15) is 6.23 Å². The molecule has 0 radical (unpaired) electrons. The molecule has 20 heavy (non-hydrogen) atoms. The fraction of sp³-hybridized carbons (Fsp3) is 0.500. The van der Waals surface area contributed by atoms with Gasteiger partial charge in [0.15, 0.2) is 23.2 Å². The Morgan fingerprint density at radius 3 is 2.65 bits per heavy atom. The van der Waals surface area contributed by atoms with E-state index in [0.29, 0.717) is 0 Å². The molecule has 10 nitrogen and oxygen atoms in total. The Bertz CT molecular complexity index is 646. The minimum absolute atomic E-state index is 0.0158. The van der Waals surface area contributed by atoms with Gasteiger partial charge < -0.3 is 31.5 Å². The number of anilines is 2. The van der Waals surface area contributed by atoms with E-state index < -0.39 is 31.1 Å². The van der Waals surface area contributed by atoms with Crippen LogP contribution in [0.5, 0.6) is 0 Å². The number of nitrogens with zero attached hydrogens (tertiary/aromatic N) is 4. The number of imidazole rings is 1. The van der Waals surface area contributed by atoms with E-state index in [2.05, 4.69) is 15.0 Å². The van der Waals surface area contributed by atoms with Crippen molar-refractivity contribution in [2.45, 2.75) is 24.5 Å². The first-order chi connectivity index (χ1) is 9.54. The Labute approximate surface area is 112 Å². The monoisotopic (exact) mass is 282 g/mol. The van der Waals surface area contributed by atoms with Gasteiger partial charge in [0.25, 0.3) is 0 Å². The number of ether oxygens (including phenoxy) is 1. The van der Waals surface area contributed by atoms with Crippen molar-refractivity contribution < 1.29 is 20.1 Å². The average molecular weight is 282 g/mol. The Balaban J connectivity index is 2.11. The van der Waals surface area contributed by atoms with Crippen LogP contribution in [0.2, 0.25) is 0 Å². The van der Waals surface area contributed by atoms with E-state index in [1.807, 2.05) is 0 Å². The fourth-order valence-electron chi connectivity index (χ4n) is 2.29.